The second kappa shape index (κ2) is 5.95. The van der Waals surface area contributed by atoms with Gasteiger partial charge in [0, 0.05) is 6.54 Å². The highest BCUT2D eigenvalue weighted by Gasteiger charge is 2.17. The van der Waals surface area contributed by atoms with Gasteiger partial charge in [-0.15, -0.1) is 6.42 Å². The lowest BCUT2D eigenvalue weighted by molar-refractivity contribution is 0.0781. The van der Waals surface area contributed by atoms with Gasteiger partial charge in [0.05, 0.1) is 19.2 Å². The highest BCUT2D eigenvalue weighted by atomic mass is 16.5. The van der Waals surface area contributed by atoms with E-state index in [-0.39, 0.29) is 5.91 Å². The molecular formula is C14H17NO2. The second-order valence-electron chi connectivity index (χ2n) is 3.73. The van der Waals surface area contributed by atoms with Gasteiger partial charge in [-0.2, -0.15) is 0 Å². The highest BCUT2D eigenvalue weighted by molar-refractivity contribution is 5.97. The van der Waals surface area contributed by atoms with Gasteiger partial charge in [0.15, 0.2) is 0 Å². The van der Waals surface area contributed by atoms with E-state index in [0.29, 0.717) is 24.4 Å². The number of carbonyl (C=O) groups is 1. The molecule has 3 heteroatoms. The molecule has 90 valence electrons. The molecular weight excluding hydrogens is 214 g/mol. The molecule has 0 atom stereocenters. The van der Waals surface area contributed by atoms with Crippen LogP contribution < -0.4 is 4.74 Å². The van der Waals surface area contributed by atoms with Crippen LogP contribution in [0, 0.1) is 19.3 Å². The van der Waals surface area contributed by atoms with Crippen LogP contribution in [0.4, 0.5) is 0 Å². The summed E-state index contributed by atoms with van der Waals surface area (Å²) in [5, 5.41) is 0. The number of carbonyl (C=O) groups excluding carboxylic acids is 1. The van der Waals surface area contributed by atoms with Gasteiger partial charge in [0.2, 0.25) is 0 Å². The highest BCUT2D eigenvalue weighted by Crippen LogP contribution is 2.21. The fraction of sp³-hybridized carbons (Fsp3) is 0.357. The summed E-state index contributed by atoms with van der Waals surface area (Å²) in [6.45, 7) is 4.73. The van der Waals surface area contributed by atoms with E-state index in [1.165, 1.54) is 0 Å². The molecule has 0 aliphatic carbocycles. The Morgan fingerprint density at radius 3 is 2.76 bits per heavy atom. The van der Waals surface area contributed by atoms with Crippen LogP contribution in [0.25, 0.3) is 0 Å². The number of nitrogens with zero attached hydrogens (tertiary/aromatic N) is 1. The predicted molar refractivity (Wildman–Crippen MR) is 68.1 cm³/mol. The first-order valence-electron chi connectivity index (χ1n) is 5.51. The Morgan fingerprint density at radius 2 is 2.24 bits per heavy atom. The van der Waals surface area contributed by atoms with E-state index < -0.39 is 0 Å². The SMILES string of the molecule is C#CCN(CC)C(=O)c1cc(C)ccc1OC. The molecule has 0 heterocycles. The topological polar surface area (TPSA) is 29.5 Å². The van der Waals surface area contributed by atoms with Crippen molar-refractivity contribution in [2.75, 3.05) is 20.2 Å². The van der Waals surface area contributed by atoms with Crippen LogP contribution in [-0.4, -0.2) is 31.0 Å². The predicted octanol–water partition coefficient (Wildman–Crippen LogP) is 2.10. The molecule has 0 radical (unpaired) electrons. The van der Waals surface area contributed by atoms with Crippen molar-refractivity contribution in [3.05, 3.63) is 29.3 Å². The van der Waals surface area contributed by atoms with Gasteiger partial charge in [0.1, 0.15) is 5.75 Å². The molecule has 1 aromatic carbocycles. The zero-order valence-corrected chi connectivity index (χ0v) is 10.5. The standard InChI is InChI=1S/C14H17NO2/c1-5-9-15(6-2)14(16)12-10-11(3)7-8-13(12)17-4/h1,7-8,10H,6,9H2,2-4H3. The second-order valence-corrected chi connectivity index (χ2v) is 3.73. The molecule has 0 bridgehead atoms. The van der Waals surface area contributed by atoms with Crippen molar-refractivity contribution in [2.45, 2.75) is 13.8 Å². The lowest BCUT2D eigenvalue weighted by atomic mass is 10.1. The Bertz CT molecular complexity index is 446. The quantitative estimate of drug-likeness (QED) is 0.743. The van der Waals surface area contributed by atoms with Crippen molar-refractivity contribution >= 4 is 5.91 Å². The van der Waals surface area contributed by atoms with Crippen LogP contribution in [0.15, 0.2) is 18.2 Å². The van der Waals surface area contributed by atoms with Gasteiger partial charge >= 0.3 is 0 Å². The largest absolute Gasteiger partial charge is 0.496 e. The zero-order chi connectivity index (χ0) is 12.8. The van der Waals surface area contributed by atoms with Crippen molar-refractivity contribution in [1.82, 2.24) is 4.90 Å². The number of aryl methyl sites for hydroxylation is 1. The van der Waals surface area contributed by atoms with Crippen LogP contribution in [0.1, 0.15) is 22.8 Å². The summed E-state index contributed by atoms with van der Waals surface area (Å²) in [6.07, 6.45) is 5.25. The van der Waals surface area contributed by atoms with Gasteiger partial charge in [-0.05, 0) is 26.0 Å². The van der Waals surface area contributed by atoms with Crippen LogP contribution in [0.2, 0.25) is 0 Å². The molecule has 0 saturated carbocycles. The Labute approximate surface area is 102 Å². The first-order valence-corrected chi connectivity index (χ1v) is 5.51. The lowest BCUT2D eigenvalue weighted by Gasteiger charge is -2.19. The van der Waals surface area contributed by atoms with E-state index in [9.17, 15) is 4.79 Å². The average Bonchev–Trinajstić information content (AvgIpc) is 2.35. The Morgan fingerprint density at radius 1 is 1.53 bits per heavy atom. The van der Waals surface area contributed by atoms with E-state index >= 15 is 0 Å². The van der Waals surface area contributed by atoms with Crippen molar-refractivity contribution in [3.8, 4) is 18.1 Å². The molecule has 0 unspecified atom stereocenters. The van der Waals surface area contributed by atoms with Gasteiger partial charge in [-0.25, -0.2) is 0 Å². The molecule has 0 N–H and O–H groups in total. The third-order valence-corrected chi connectivity index (χ3v) is 2.54. The summed E-state index contributed by atoms with van der Waals surface area (Å²) in [7, 11) is 1.55. The van der Waals surface area contributed by atoms with E-state index in [4.69, 9.17) is 11.2 Å². The van der Waals surface area contributed by atoms with E-state index in [2.05, 4.69) is 5.92 Å². The number of hydrogen-bond acceptors (Lipinski definition) is 2. The number of methoxy groups -OCH3 is 1. The maximum atomic E-state index is 12.2. The summed E-state index contributed by atoms with van der Waals surface area (Å²) in [5.41, 5.74) is 1.58. The third-order valence-electron chi connectivity index (χ3n) is 2.54. The molecule has 0 saturated heterocycles. The van der Waals surface area contributed by atoms with Crippen LogP contribution in [0.3, 0.4) is 0 Å². The molecule has 3 nitrogen and oxygen atoms in total. The first-order chi connectivity index (χ1) is 8.13. The van der Waals surface area contributed by atoms with Crippen LogP contribution in [-0.2, 0) is 0 Å². The number of ether oxygens (including phenoxy) is 1. The Hall–Kier alpha value is -1.95. The molecule has 0 aliphatic rings. The normalized spacial score (nSPS) is 9.53. The minimum atomic E-state index is -0.0917. The monoisotopic (exact) mass is 231 g/mol. The smallest absolute Gasteiger partial charge is 0.258 e. The number of hydrogen-bond donors (Lipinski definition) is 0. The summed E-state index contributed by atoms with van der Waals surface area (Å²) >= 11 is 0. The number of benzene rings is 1. The van der Waals surface area contributed by atoms with E-state index in [1.54, 1.807) is 18.1 Å². The number of terminal acetylenes is 1. The van der Waals surface area contributed by atoms with Gasteiger partial charge in [-0.3, -0.25) is 4.79 Å². The summed E-state index contributed by atoms with van der Waals surface area (Å²) in [6, 6.07) is 5.53. The molecule has 1 aromatic rings. The lowest BCUT2D eigenvalue weighted by Crippen LogP contribution is -2.31. The molecule has 1 rings (SSSR count). The molecule has 0 aliphatic heterocycles. The summed E-state index contributed by atoms with van der Waals surface area (Å²) in [4.78, 5) is 13.9. The number of rotatable bonds is 4. The third kappa shape index (κ3) is 3.01. The first kappa shape index (κ1) is 13.1. The fourth-order valence-corrected chi connectivity index (χ4v) is 1.60. The molecule has 0 aromatic heterocycles. The molecule has 0 fully saturated rings. The van der Waals surface area contributed by atoms with Gasteiger partial charge in [-0.1, -0.05) is 17.6 Å². The van der Waals surface area contributed by atoms with Crippen molar-refractivity contribution in [2.24, 2.45) is 0 Å². The average molecular weight is 231 g/mol. The molecule has 0 spiro atoms. The van der Waals surface area contributed by atoms with Gasteiger partial charge < -0.3 is 9.64 Å². The minimum Gasteiger partial charge on any atom is -0.496 e. The molecule has 1 amide bonds. The van der Waals surface area contributed by atoms with E-state index in [1.807, 2.05) is 26.0 Å². The summed E-state index contributed by atoms with van der Waals surface area (Å²) < 4.78 is 5.20. The van der Waals surface area contributed by atoms with E-state index in [0.717, 1.165) is 5.56 Å². The fourth-order valence-electron chi connectivity index (χ4n) is 1.60. The Balaban J connectivity index is 3.10. The summed E-state index contributed by atoms with van der Waals surface area (Å²) in [5.74, 6) is 2.97. The van der Waals surface area contributed by atoms with Gasteiger partial charge in [0.25, 0.3) is 5.91 Å². The minimum absolute atomic E-state index is 0.0917. The van der Waals surface area contributed by atoms with Crippen molar-refractivity contribution in [1.29, 1.82) is 0 Å². The molecule has 17 heavy (non-hydrogen) atoms. The maximum Gasteiger partial charge on any atom is 0.258 e. The van der Waals surface area contributed by atoms with Crippen molar-refractivity contribution in [3.63, 3.8) is 0 Å². The number of amides is 1. The zero-order valence-electron chi connectivity index (χ0n) is 10.5. The van der Waals surface area contributed by atoms with Crippen LogP contribution in [0.5, 0.6) is 5.75 Å². The maximum absolute atomic E-state index is 12.2. The Kier molecular flexibility index (Phi) is 4.59. The van der Waals surface area contributed by atoms with Crippen LogP contribution >= 0.6 is 0 Å². The van der Waals surface area contributed by atoms with Crippen molar-refractivity contribution < 1.29 is 9.53 Å².